The maximum Gasteiger partial charge on any atom is 0.269 e. The van der Waals surface area contributed by atoms with Gasteiger partial charge in [-0.1, -0.05) is 80.0 Å². The van der Waals surface area contributed by atoms with E-state index in [1.807, 2.05) is 18.2 Å². The van der Waals surface area contributed by atoms with Gasteiger partial charge in [0, 0.05) is 40.3 Å². The van der Waals surface area contributed by atoms with Crippen molar-refractivity contribution >= 4 is 27.9 Å². The Morgan fingerprint density at radius 2 is 1.50 bits per heavy atom. The summed E-state index contributed by atoms with van der Waals surface area (Å²) in [6.07, 6.45) is 10.3. The number of ether oxygens (including phenoxy) is 1. The van der Waals surface area contributed by atoms with Crippen LogP contribution in [-0.4, -0.2) is 29.2 Å². The molecule has 0 radical (unpaired) electrons. The van der Waals surface area contributed by atoms with Gasteiger partial charge >= 0.3 is 0 Å². The molecular formula is C36H51N3OSi2. The van der Waals surface area contributed by atoms with Crippen LogP contribution in [-0.2, 0) is 15.6 Å². The summed E-state index contributed by atoms with van der Waals surface area (Å²) in [6, 6.07) is 9.55. The zero-order chi connectivity index (χ0) is 31.3. The van der Waals surface area contributed by atoms with Crippen molar-refractivity contribution < 1.29 is 4.74 Å². The predicted molar refractivity (Wildman–Crippen MR) is 184 cm³/mol. The van der Waals surface area contributed by atoms with Crippen molar-refractivity contribution in [3.8, 4) is 6.07 Å². The molecule has 6 heteroatoms. The molecule has 1 aromatic rings. The van der Waals surface area contributed by atoms with Gasteiger partial charge in [0.05, 0.1) is 12.6 Å². The van der Waals surface area contributed by atoms with E-state index in [-0.39, 0.29) is 21.9 Å². The number of hydrogen-bond donors (Lipinski definition) is 0. The van der Waals surface area contributed by atoms with Crippen molar-refractivity contribution in [1.29, 1.82) is 5.26 Å². The van der Waals surface area contributed by atoms with Gasteiger partial charge in [-0.15, -0.1) is 0 Å². The Labute approximate surface area is 257 Å². The van der Waals surface area contributed by atoms with Crippen molar-refractivity contribution in [1.82, 2.24) is 0 Å². The monoisotopic (exact) mass is 597 g/mol. The number of anilines is 1. The van der Waals surface area contributed by atoms with Crippen LogP contribution in [0.2, 0.25) is 51.4 Å². The lowest BCUT2D eigenvalue weighted by Crippen LogP contribution is -2.49. The summed E-state index contributed by atoms with van der Waals surface area (Å²) in [6.45, 7) is 36.2. The first kappa shape index (κ1) is 32.1. The quantitative estimate of drug-likeness (QED) is 0.186. The SMILES string of the molecule is [C-]#[N+]/C(C#N)=C1C=C(/C=C/c2cc3c4c(c2)C(C)(C[Si](C)(C)C)CCN4CCC3(C)C[Si](C)(C)C)OC(C(C)(C)C)=C\1. The number of allylic oxidation sites excluding steroid dienone is 6. The Hall–Kier alpha value is -2.81. The molecule has 0 aliphatic carbocycles. The Balaban J connectivity index is 1.88. The number of nitrogens with zero attached hydrogens (tertiary/aromatic N) is 3. The molecule has 3 heterocycles. The third kappa shape index (κ3) is 6.87. The summed E-state index contributed by atoms with van der Waals surface area (Å²) < 4.78 is 6.34. The standard InChI is InChI=1S/C36H51N3OSi2/c1-34(2,3)32-22-27(31(23-37)38-6)21-28(40-32)14-13-26-19-29-33-30(20-26)36(5,25-42(10,11)12)16-18-39(33)17-15-35(29,4)24-41(7,8)9/h13-14,19-22H,15-18,24-25H2,1-5,7-12H3/b14-13+,31-27+. The fourth-order valence-electron chi connectivity index (χ4n) is 7.53. The van der Waals surface area contributed by atoms with Crippen molar-refractivity contribution in [2.24, 2.45) is 5.41 Å². The van der Waals surface area contributed by atoms with Crippen LogP contribution in [0.4, 0.5) is 5.69 Å². The van der Waals surface area contributed by atoms with E-state index < -0.39 is 16.1 Å². The van der Waals surface area contributed by atoms with Crippen molar-refractivity contribution in [2.75, 3.05) is 18.0 Å². The van der Waals surface area contributed by atoms with Crippen LogP contribution in [0.1, 0.15) is 64.2 Å². The van der Waals surface area contributed by atoms with Crippen LogP contribution in [0.5, 0.6) is 0 Å². The largest absolute Gasteiger partial charge is 0.461 e. The number of nitriles is 1. The summed E-state index contributed by atoms with van der Waals surface area (Å²) in [5.74, 6) is 1.43. The van der Waals surface area contributed by atoms with Gasteiger partial charge < -0.3 is 9.64 Å². The lowest BCUT2D eigenvalue weighted by molar-refractivity contribution is 0.223. The third-order valence-corrected chi connectivity index (χ3v) is 12.6. The highest BCUT2D eigenvalue weighted by molar-refractivity contribution is 6.76. The van der Waals surface area contributed by atoms with Gasteiger partial charge in [0.2, 0.25) is 0 Å². The summed E-state index contributed by atoms with van der Waals surface area (Å²) >= 11 is 0. The molecule has 0 N–H and O–H groups in total. The fourth-order valence-corrected chi connectivity index (χ4v) is 12.9. The molecule has 0 aromatic heterocycles. The molecular weight excluding hydrogens is 547 g/mol. The molecule has 3 aliphatic heterocycles. The van der Waals surface area contributed by atoms with E-state index in [0.717, 1.165) is 18.8 Å². The van der Waals surface area contributed by atoms with Crippen LogP contribution >= 0.6 is 0 Å². The molecule has 0 spiro atoms. The Kier molecular flexibility index (Phi) is 8.44. The number of benzene rings is 1. The van der Waals surface area contributed by atoms with Crippen LogP contribution in [0.15, 0.2) is 53.1 Å². The second kappa shape index (κ2) is 11.0. The average Bonchev–Trinajstić information content (AvgIpc) is 2.84. The van der Waals surface area contributed by atoms with Gasteiger partial charge in [0.25, 0.3) is 5.70 Å². The fraction of sp³-hybridized carbons (Fsp3) is 0.556. The van der Waals surface area contributed by atoms with E-state index in [4.69, 9.17) is 11.3 Å². The van der Waals surface area contributed by atoms with Crippen LogP contribution in [0.25, 0.3) is 10.9 Å². The molecule has 3 aliphatic rings. The average molecular weight is 598 g/mol. The highest BCUT2D eigenvalue weighted by Crippen LogP contribution is 2.54. The van der Waals surface area contributed by atoms with Gasteiger partial charge in [0.1, 0.15) is 11.5 Å². The second-order valence-electron chi connectivity index (χ2n) is 16.8. The summed E-state index contributed by atoms with van der Waals surface area (Å²) in [4.78, 5) is 6.16. The molecule has 2 atom stereocenters. The minimum Gasteiger partial charge on any atom is -0.461 e. The lowest BCUT2D eigenvalue weighted by Gasteiger charge is -2.52. The van der Waals surface area contributed by atoms with Crippen molar-refractivity contribution in [2.45, 2.75) is 110 Å². The van der Waals surface area contributed by atoms with Crippen LogP contribution in [0.3, 0.4) is 0 Å². The Bertz CT molecular complexity index is 1390. The number of rotatable bonds is 6. The lowest BCUT2D eigenvalue weighted by atomic mass is 9.69. The van der Waals surface area contributed by atoms with Gasteiger partial charge in [0.15, 0.2) is 0 Å². The topological polar surface area (TPSA) is 40.6 Å². The molecule has 0 saturated carbocycles. The smallest absolute Gasteiger partial charge is 0.269 e. The molecule has 0 bridgehead atoms. The highest BCUT2D eigenvalue weighted by Gasteiger charge is 2.45. The van der Waals surface area contributed by atoms with Gasteiger partial charge in [-0.25, -0.2) is 10.1 Å². The van der Waals surface area contributed by atoms with E-state index in [1.54, 1.807) is 0 Å². The molecule has 0 saturated heterocycles. The molecule has 1 aromatic carbocycles. The molecule has 0 fully saturated rings. The van der Waals surface area contributed by atoms with Gasteiger partial charge in [-0.05, 0) is 88.4 Å². The number of hydrogen-bond acceptors (Lipinski definition) is 3. The molecule has 42 heavy (non-hydrogen) atoms. The highest BCUT2D eigenvalue weighted by atomic mass is 28.3. The Morgan fingerprint density at radius 1 is 0.976 bits per heavy atom. The van der Waals surface area contributed by atoms with Gasteiger partial charge in [-0.2, -0.15) is 0 Å². The van der Waals surface area contributed by atoms with E-state index >= 15 is 0 Å². The van der Waals surface area contributed by atoms with Gasteiger partial charge in [-0.3, -0.25) is 0 Å². The van der Waals surface area contributed by atoms with E-state index in [0.29, 0.717) is 11.3 Å². The first-order chi connectivity index (χ1) is 19.3. The maximum atomic E-state index is 9.58. The molecule has 4 nitrogen and oxygen atoms in total. The summed E-state index contributed by atoms with van der Waals surface area (Å²) in [5, 5.41) is 9.58. The predicted octanol–water partition coefficient (Wildman–Crippen LogP) is 10.0. The zero-order valence-corrected chi connectivity index (χ0v) is 30.0. The van der Waals surface area contributed by atoms with E-state index in [9.17, 15) is 5.26 Å². The van der Waals surface area contributed by atoms with Crippen molar-refractivity contribution in [3.63, 3.8) is 0 Å². The third-order valence-electron chi connectivity index (χ3n) is 8.94. The molecule has 4 rings (SSSR count). The Morgan fingerprint density at radius 3 is 1.93 bits per heavy atom. The minimum absolute atomic E-state index is 0.0912. The summed E-state index contributed by atoms with van der Waals surface area (Å²) in [5.41, 5.74) is 6.59. The van der Waals surface area contributed by atoms with Crippen LogP contribution in [0, 0.1) is 23.3 Å². The molecule has 224 valence electrons. The van der Waals surface area contributed by atoms with E-state index in [1.165, 1.54) is 47.3 Å². The zero-order valence-electron chi connectivity index (χ0n) is 28.0. The van der Waals surface area contributed by atoms with E-state index in [2.05, 4.69) is 108 Å². The summed E-state index contributed by atoms with van der Waals surface area (Å²) in [7, 11) is -2.65. The molecule has 0 amide bonds. The first-order valence-corrected chi connectivity index (χ1v) is 22.9. The maximum absolute atomic E-state index is 9.58. The van der Waals surface area contributed by atoms with Crippen molar-refractivity contribution in [3.05, 3.63) is 81.3 Å². The molecule has 2 unspecified atom stereocenters. The van der Waals surface area contributed by atoms with Crippen LogP contribution < -0.4 is 4.90 Å². The first-order valence-electron chi connectivity index (χ1n) is 15.5. The normalized spacial score (nSPS) is 25.6. The minimum atomic E-state index is -1.33. The second-order valence-corrected chi connectivity index (χ2v) is 27.8.